The van der Waals surface area contributed by atoms with Crippen molar-refractivity contribution < 1.29 is 29.3 Å². The summed E-state index contributed by atoms with van der Waals surface area (Å²) in [5, 5.41) is 17.7. The second kappa shape index (κ2) is 27.9. The monoisotopic (exact) mass is 556 g/mol. The van der Waals surface area contributed by atoms with E-state index in [-0.39, 0.29) is 18.8 Å². The fourth-order valence-corrected chi connectivity index (χ4v) is 4.79. The number of carboxylic acids is 2. The van der Waals surface area contributed by atoms with Gasteiger partial charge >= 0.3 is 17.9 Å². The van der Waals surface area contributed by atoms with Crippen LogP contribution in [0.5, 0.6) is 0 Å². The Morgan fingerprint density at radius 3 is 1.44 bits per heavy atom. The first-order chi connectivity index (χ1) is 18.8. The standard InChI is InChI=1S/C31H60N2O6/c1-3-4-5-6-7-8-9-10-11-12-13-14-15-28-39-31(38)22-18-23-32(2)24-19-27-33(25-16-20-29(34)35)26-17-21-30(36)37/h3-28H2,1-2H3,(H,34,35)(H,36,37). The molecule has 0 fully saturated rings. The molecule has 8 nitrogen and oxygen atoms in total. The molecule has 0 atom stereocenters. The molecule has 0 aliphatic heterocycles. The minimum absolute atomic E-state index is 0.106. The van der Waals surface area contributed by atoms with E-state index in [2.05, 4.69) is 16.7 Å². The quantitative estimate of drug-likeness (QED) is 0.0738. The third-order valence-electron chi connectivity index (χ3n) is 7.18. The summed E-state index contributed by atoms with van der Waals surface area (Å²) in [5.74, 6) is -1.71. The molecule has 0 aliphatic carbocycles. The third kappa shape index (κ3) is 29.1. The third-order valence-corrected chi connectivity index (χ3v) is 7.18. The van der Waals surface area contributed by atoms with Gasteiger partial charge in [0.1, 0.15) is 0 Å². The van der Waals surface area contributed by atoms with Crippen LogP contribution in [0.1, 0.15) is 135 Å². The van der Waals surface area contributed by atoms with Crippen molar-refractivity contribution in [2.45, 2.75) is 135 Å². The normalized spacial score (nSPS) is 11.4. The van der Waals surface area contributed by atoms with Gasteiger partial charge in [-0.25, -0.2) is 0 Å². The van der Waals surface area contributed by atoms with Crippen LogP contribution < -0.4 is 0 Å². The van der Waals surface area contributed by atoms with Crippen LogP contribution >= 0.6 is 0 Å². The van der Waals surface area contributed by atoms with E-state index in [1.54, 1.807) is 0 Å². The van der Waals surface area contributed by atoms with Crippen LogP contribution in [0.2, 0.25) is 0 Å². The molecule has 0 heterocycles. The van der Waals surface area contributed by atoms with Crippen LogP contribution in [0.15, 0.2) is 0 Å². The summed E-state index contributed by atoms with van der Waals surface area (Å²) >= 11 is 0. The minimum atomic E-state index is -0.803. The number of hydrogen-bond donors (Lipinski definition) is 2. The number of esters is 1. The van der Waals surface area contributed by atoms with Gasteiger partial charge in [-0.2, -0.15) is 0 Å². The molecule has 8 heteroatoms. The first kappa shape index (κ1) is 37.3. The van der Waals surface area contributed by atoms with Crippen LogP contribution in [0.3, 0.4) is 0 Å². The van der Waals surface area contributed by atoms with Gasteiger partial charge in [0.05, 0.1) is 6.61 Å². The van der Waals surface area contributed by atoms with Gasteiger partial charge in [-0.3, -0.25) is 14.4 Å². The van der Waals surface area contributed by atoms with Crippen LogP contribution in [0.25, 0.3) is 0 Å². The van der Waals surface area contributed by atoms with Crippen molar-refractivity contribution in [1.29, 1.82) is 0 Å². The minimum Gasteiger partial charge on any atom is -0.481 e. The first-order valence-corrected chi connectivity index (χ1v) is 15.8. The number of hydrogen-bond acceptors (Lipinski definition) is 6. The van der Waals surface area contributed by atoms with Crippen molar-refractivity contribution in [2.75, 3.05) is 46.4 Å². The molecule has 0 aliphatic rings. The van der Waals surface area contributed by atoms with Crippen molar-refractivity contribution in [3.63, 3.8) is 0 Å². The lowest BCUT2D eigenvalue weighted by Crippen LogP contribution is -2.31. The van der Waals surface area contributed by atoms with Crippen molar-refractivity contribution in [3.8, 4) is 0 Å². The highest BCUT2D eigenvalue weighted by Crippen LogP contribution is 2.12. The van der Waals surface area contributed by atoms with Gasteiger partial charge < -0.3 is 24.7 Å². The van der Waals surface area contributed by atoms with Gasteiger partial charge in [-0.1, -0.05) is 84.0 Å². The molecular formula is C31H60N2O6. The van der Waals surface area contributed by atoms with Crippen LogP contribution in [-0.2, 0) is 19.1 Å². The molecule has 0 bridgehead atoms. The molecule has 2 N–H and O–H groups in total. The smallest absolute Gasteiger partial charge is 0.305 e. The molecule has 39 heavy (non-hydrogen) atoms. The Morgan fingerprint density at radius 1 is 0.538 bits per heavy atom. The second-order valence-electron chi connectivity index (χ2n) is 11.1. The Labute approximate surface area is 238 Å². The maximum atomic E-state index is 12.0. The molecule has 230 valence electrons. The molecular weight excluding hydrogens is 496 g/mol. The molecule has 0 spiro atoms. The molecule has 0 amide bonds. The molecule has 0 rings (SSSR count). The fourth-order valence-electron chi connectivity index (χ4n) is 4.79. The molecule has 0 unspecified atom stereocenters. The van der Waals surface area contributed by atoms with Gasteiger partial charge in [0, 0.05) is 19.3 Å². The van der Waals surface area contributed by atoms with Crippen LogP contribution in [0.4, 0.5) is 0 Å². The molecule has 0 aromatic heterocycles. The highest BCUT2D eigenvalue weighted by molar-refractivity contribution is 5.69. The lowest BCUT2D eigenvalue weighted by atomic mass is 10.0. The zero-order chi connectivity index (χ0) is 29.0. The molecule has 0 aromatic rings. The zero-order valence-electron chi connectivity index (χ0n) is 25.3. The van der Waals surface area contributed by atoms with Gasteiger partial charge in [0.2, 0.25) is 0 Å². The summed E-state index contributed by atoms with van der Waals surface area (Å²) in [6.07, 6.45) is 20.5. The Kier molecular flexibility index (Phi) is 26.7. The predicted molar refractivity (Wildman–Crippen MR) is 158 cm³/mol. The summed E-state index contributed by atoms with van der Waals surface area (Å²) in [6, 6.07) is 0. The number of unbranched alkanes of at least 4 members (excludes halogenated alkanes) is 12. The van der Waals surface area contributed by atoms with E-state index in [1.165, 1.54) is 70.6 Å². The number of rotatable bonds is 30. The maximum Gasteiger partial charge on any atom is 0.305 e. The highest BCUT2D eigenvalue weighted by Gasteiger charge is 2.09. The SMILES string of the molecule is CCCCCCCCCCCCCCCOC(=O)CCCN(C)CCCN(CCCC(=O)O)CCCC(=O)O. The van der Waals surface area contributed by atoms with Crippen molar-refractivity contribution in [1.82, 2.24) is 9.80 Å². The number of ether oxygens (including phenoxy) is 1. The average Bonchev–Trinajstić information content (AvgIpc) is 2.88. The number of carbonyl (C=O) groups excluding carboxylic acids is 1. The van der Waals surface area contributed by atoms with Gasteiger partial charge in [-0.15, -0.1) is 0 Å². The Morgan fingerprint density at radius 2 is 0.949 bits per heavy atom. The molecule has 0 radical (unpaired) electrons. The lowest BCUT2D eigenvalue weighted by Gasteiger charge is -2.23. The summed E-state index contributed by atoms with van der Waals surface area (Å²) < 4.78 is 5.40. The van der Waals surface area contributed by atoms with Gasteiger partial charge in [0.25, 0.3) is 0 Å². The van der Waals surface area contributed by atoms with E-state index in [0.717, 1.165) is 45.3 Å². The zero-order valence-corrected chi connectivity index (χ0v) is 25.3. The Bertz CT molecular complexity index is 582. The van der Waals surface area contributed by atoms with E-state index >= 15 is 0 Å². The van der Waals surface area contributed by atoms with Crippen molar-refractivity contribution in [3.05, 3.63) is 0 Å². The average molecular weight is 557 g/mol. The van der Waals surface area contributed by atoms with E-state index in [0.29, 0.717) is 39.0 Å². The van der Waals surface area contributed by atoms with E-state index in [1.807, 2.05) is 7.05 Å². The Hall–Kier alpha value is -1.67. The van der Waals surface area contributed by atoms with E-state index in [9.17, 15) is 14.4 Å². The van der Waals surface area contributed by atoms with Crippen LogP contribution in [-0.4, -0.2) is 84.3 Å². The highest BCUT2D eigenvalue weighted by atomic mass is 16.5. The number of carbonyl (C=O) groups is 3. The fraction of sp³-hybridized carbons (Fsp3) is 0.903. The summed E-state index contributed by atoms with van der Waals surface area (Å²) in [6.45, 7) is 6.64. The number of aliphatic carboxylic acids is 2. The summed E-state index contributed by atoms with van der Waals surface area (Å²) in [5.41, 5.74) is 0. The predicted octanol–water partition coefficient (Wildman–Crippen LogP) is 6.75. The molecule has 0 saturated heterocycles. The summed E-state index contributed by atoms with van der Waals surface area (Å²) in [4.78, 5) is 37.9. The first-order valence-electron chi connectivity index (χ1n) is 15.8. The van der Waals surface area contributed by atoms with E-state index < -0.39 is 11.9 Å². The van der Waals surface area contributed by atoms with Crippen molar-refractivity contribution >= 4 is 17.9 Å². The summed E-state index contributed by atoms with van der Waals surface area (Å²) in [7, 11) is 2.04. The number of nitrogens with zero attached hydrogens (tertiary/aromatic N) is 2. The molecule has 0 aromatic carbocycles. The van der Waals surface area contributed by atoms with Crippen LogP contribution in [0, 0.1) is 0 Å². The topological polar surface area (TPSA) is 107 Å². The second-order valence-corrected chi connectivity index (χ2v) is 11.1. The Balaban J connectivity index is 3.68. The van der Waals surface area contributed by atoms with Crippen molar-refractivity contribution in [2.24, 2.45) is 0 Å². The molecule has 0 saturated carbocycles. The van der Waals surface area contributed by atoms with E-state index in [4.69, 9.17) is 14.9 Å². The van der Waals surface area contributed by atoms with Gasteiger partial charge in [-0.05, 0) is 71.9 Å². The lowest BCUT2D eigenvalue weighted by molar-refractivity contribution is -0.144. The number of carboxylic acid groups (broad SMARTS) is 2. The maximum absolute atomic E-state index is 12.0. The largest absolute Gasteiger partial charge is 0.481 e. The van der Waals surface area contributed by atoms with Gasteiger partial charge in [0.15, 0.2) is 0 Å².